The number of anilines is 4. The van der Waals surface area contributed by atoms with Crippen LogP contribution in [0.15, 0.2) is 54.9 Å². The second-order valence-corrected chi connectivity index (χ2v) is 6.46. The fraction of sp³-hybridized carbons (Fsp3) is 0.158. The summed E-state index contributed by atoms with van der Waals surface area (Å²) in [5.41, 5.74) is -0.918. The molecule has 3 aromatic rings. The van der Waals surface area contributed by atoms with Gasteiger partial charge in [-0.25, -0.2) is 9.97 Å². The summed E-state index contributed by atoms with van der Waals surface area (Å²) in [7, 11) is 0. The second kappa shape index (κ2) is 8.54. The van der Waals surface area contributed by atoms with Gasteiger partial charge < -0.3 is 10.2 Å². The Kier molecular flexibility index (Phi) is 6.06. The van der Waals surface area contributed by atoms with Crippen molar-refractivity contribution in [1.29, 1.82) is 0 Å². The van der Waals surface area contributed by atoms with Gasteiger partial charge in [0.1, 0.15) is 6.33 Å². The number of hydrogen-bond donors (Lipinski definition) is 1. The van der Waals surface area contributed by atoms with Gasteiger partial charge in [0.25, 0.3) is 0 Å². The Morgan fingerprint density at radius 3 is 2.47 bits per heavy atom. The molecular formula is C19H15ClF3N5O2. The highest BCUT2D eigenvalue weighted by Gasteiger charge is 2.34. The quantitative estimate of drug-likeness (QED) is 0.378. The molecule has 0 radical (unpaired) electrons. The average molecular weight is 438 g/mol. The van der Waals surface area contributed by atoms with Crippen molar-refractivity contribution in [3.63, 3.8) is 0 Å². The normalized spacial score (nSPS) is 11.2. The molecule has 0 aliphatic carbocycles. The first-order valence-electron chi connectivity index (χ1n) is 8.68. The van der Waals surface area contributed by atoms with Crippen LogP contribution >= 0.6 is 11.6 Å². The van der Waals surface area contributed by atoms with Gasteiger partial charge in [-0.2, -0.15) is 13.2 Å². The minimum absolute atomic E-state index is 0.0104. The maximum absolute atomic E-state index is 13.1. The molecule has 0 spiro atoms. The van der Waals surface area contributed by atoms with Crippen LogP contribution in [0, 0.1) is 10.1 Å². The molecule has 0 fully saturated rings. The largest absolute Gasteiger partial charge is 0.417 e. The number of aromatic nitrogens is 2. The van der Waals surface area contributed by atoms with E-state index in [1.807, 2.05) is 0 Å². The van der Waals surface area contributed by atoms with Gasteiger partial charge in [0, 0.05) is 17.9 Å². The van der Waals surface area contributed by atoms with Gasteiger partial charge >= 0.3 is 11.9 Å². The molecule has 0 atom stereocenters. The molecule has 156 valence electrons. The molecule has 30 heavy (non-hydrogen) atoms. The predicted octanol–water partition coefficient (Wildman–Crippen LogP) is 5.96. The van der Waals surface area contributed by atoms with Gasteiger partial charge in [-0.05, 0) is 37.3 Å². The first-order valence-corrected chi connectivity index (χ1v) is 9.06. The third kappa shape index (κ3) is 4.43. The van der Waals surface area contributed by atoms with Crippen molar-refractivity contribution >= 4 is 40.3 Å². The number of nitrogens with one attached hydrogen (secondary N) is 1. The molecule has 3 rings (SSSR count). The van der Waals surface area contributed by atoms with Crippen LogP contribution in [-0.4, -0.2) is 21.4 Å². The first kappa shape index (κ1) is 21.3. The van der Waals surface area contributed by atoms with E-state index in [4.69, 9.17) is 11.6 Å². The molecule has 0 unspecified atom stereocenters. The van der Waals surface area contributed by atoms with Crippen LogP contribution < -0.4 is 10.2 Å². The summed E-state index contributed by atoms with van der Waals surface area (Å²) in [6.45, 7) is 2.15. The lowest BCUT2D eigenvalue weighted by molar-refractivity contribution is -0.383. The van der Waals surface area contributed by atoms with E-state index in [-0.39, 0.29) is 17.3 Å². The van der Waals surface area contributed by atoms with Crippen LogP contribution in [0.4, 0.5) is 41.9 Å². The minimum atomic E-state index is -4.68. The van der Waals surface area contributed by atoms with Crippen molar-refractivity contribution in [3.05, 3.63) is 75.6 Å². The van der Waals surface area contributed by atoms with Crippen molar-refractivity contribution in [2.24, 2.45) is 0 Å². The lowest BCUT2D eigenvalue weighted by Gasteiger charge is -2.22. The van der Waals surface area contributed by atoms with Crippen LogP contribution in [0.3, 0.4) is 0 Å². The summed E-state index contributed by atoms with van der Waals surface area (Å²) < 4.78 is 39.4. The molecule has 11 heteroatoms. The van der Waals surface area contributed by atoms with E-state index in [0.29, 0.717) is 12.2 Å². The highest BCUT2D eigenvalue weighted by atomic mass is 35.5. The Labute approximate surface area is 174 Å². The van der Waals surface area contributed by atoms with E-state index in [1.165, 1.54) is 6.07 Å². The molecule has 0 bridgehead atoms. The SMILES string of the molecule is CCN(c1ccccc1)c1ncnc(Nc2ccc(Cl)c(C(F)(F)F)c2)c1[N+](=O)[O-]. The monoisotopic (exact) mass is 437 g/mol. The Hall–Kier alpha value is -3.40. The number of nitro groups is 1. The highest BCUT2D eigenvalue weighted by Crippen LogP contribution is 2.39. The minimum Gasteiger partial charge on any atom is -0.334 e. The van der Waals surface area contributed by atoms with Gasteiger partial charge in [-0.1, -0.05) is 29.8 Å². The van der Waals surface area contributed by atoms with Crippen molar-refractivity contribution in [2.75, 3.05) is 16.8 Å². The number of rotatable bonds is 6. The van der Waals surface area contributed by atoms with Gasteiger partial charge in [-0.15, -0.1) is 0 Å². The Bertz CT molecular complexity index is 1060. The maximum atomic E-state index is 13.1. The van der Waals surface area contributed by atoms with Crippen molar-refractivity contribution in [2.45, 2.75) is 13.1 Å². The van der Waals surface area contributed by atoms with Crippen LogP contribution in [0.5, 0.6) is 0 Å². The molecular weight excluding hydrogens is 423 g/mol. The topological polar surface area (TPSA) is 84.2 Å². The van der Waals surface area contributed by atoms with E-state index in [1.54, 1.807) is 42.2 Å². The number of hydrogen-bond acceptors (Lipinski definition) is 6. The maximum Gasteiger partial charge on any atom is 0.417 e. The summed E-state index contributed by atoms with van der Waals surface area (Å²) in [6.07, 6.45) is -3.57. The summed E-state index contributed by atoms with van der Waals surface area (Å²) in [4.78, 5) is 20.7. The second-order valence-electron chi connectivity index (χ2n) is 6.05. The smallest absolute Gasteiger partial charge is 0.334 e. The van der Waals surface area contributed by atoms with E-state index >= 15 is 0 Å². The zero-order valence-corrected chi connectivity index (χ0v) is 16.3. The van der Waals surface area contributed by atoms with E-state index in [9.17, 15) is 23.3 Å². The summed E-state index contributed by atoms with van der Waals surface area (Å²) >= 11 is 5.63. The van der Waals surface area contributed by atoms with Crippen LogP contribution in [-0.2, 0) is 6.18 Å². The zero-order valence-electron chi connectivity index (χ0n) is 15.5. The third-order valence-corrected chi connectivity index (χ3v) is 4.49. The molecule has 0 saturated heterocycles. The predicted molar refractivity (Wildman–Crippen MR) is 108 cm³/mol. The number of alkyl halides is 3. The van der Waals surface area contributed by atoms with Crippen LogP contribution in [0.2, 0.25) is 5.02 Å². The third-order valence-electron chi connectivity index (χ3n) is 4.16. The van der Waals surface area contributed by atoms with E-state index in [0.717, 1.165) is 18.5 Å². The van der Waals surface area contributed by atoms with E-state index < -0.39 is 27.4 Å². The molecule has 0 aliphatic heterocycles. The van der Waals surface area contributed by atoms with Crippen molar-refractivity contribution < 1.29 is 18.1 Å². The van der Waals surface area contributed by atoms with Gasteiger partial charge in [0.15, 0.2) is 0 Å². The van der Waals surface area contributed by atoms with Gasteiger partial charge in [0.05, 0.1) is 15.5 Å². The highest BCUT2D eigenvalue weighted by molar-refractivity contribution is 6.31. The summed E-state index contributed by atoms with van der Waals surface area (Å²) in [6, 6.07) is 12.0. The van der Waals surface area contributed by atoms with Crippen LogP contribution in [0.1, 0.15) is 12.5 Å². The Balaban J connectivity index is 2.07. The molecule has 0 saturated carbocycles. The average Bonchev–Trinajstić information content (AvgIpc) is 2.70. The standard InChI is InChI=1S/C19H15ClF3N5O2/c1-2-27(13-6-4-3-5-7-13)18-16(28(29)30)17(24-11-25-18)26-12-8-9-15(20)14(10-12)19(21,22)23/h3-11H,2H2,1H3,(H,24,25,26). The Morgan fingerprint density at radius 1 is 1.17 bits per heavy atom. The van der Waals surface area contributed by atoms with Gasteiger partial charge in [-0.3, -0.25) is 10.1 Å². The van der Waals surface area contributed by atoms with E-state index in [2.05, 4.69) is 15.3 Å². The fourth-order valence-electron chi connectivity index (χ4n) is 2.85. The Morgan fingerprint density at radius 2 is 1.87 bits per heavy atom. The zero-order chi connectivity index (χ0) is 21.9. The molecule has 7 nitrogen and oxygen atoms in total. The lowest BCUT2D eigenvalue weighted by Crippen LogP contribution is -2.19. The number of nitrogens with zero attached hydrogens (tertiary/aromatic N) is 4. The number of benzene rings is 2. The molecule has 0 amide bonds. The number of para-hydroxylation sites is 1. The molecule has 1 aromatic heterocycles. The molecule has 1 heterocycles. The molecule has 2 aromatic carbocycles. The molecule has 0 aliphatic rings. The fourth-order valence-corrected chi connectivity index (χ4v) is 3.07. The first-order chi connectivity index (χ1) is 14.2. The number of halogens is 4. The summed E-state index contributed by atoms with van der Waals surface area (Å²) in [5.74, 6) is -0.231. The van der Waals surface area contributed by atoms with Crippen molar-refractivity contribution in [3.8, 4) is 0 Å². The van der Waals surface area contributed by atoms with Crippen LogP contribution in [0.25, 0.3) is 0 Å². The summed E-state index contributed by atoms with van der Waals surface area (Å²) in [5, 5.41) is 13.9. The van der Waals surface area contributed by atoms with Crippen molar-refractivity contribution in [1.82, 2.24) is 9.97 Å². The molecule has 1 N–H and O–H groups in total. The lowest BCUT2D eigenvalue weighted by atomic mass is 10.2. The van der Waals surface area contributed by atoms with Gasteiger partial charge in [0.2, 0.25) is 11.6 Å².